The highest BCUT2D eigenvalue weighted by atomic mass is 16.5. The van der Waals surface area contributed by atoms with Crippen LogP contribution in [0.25, 0.3) is 89.0 Å². The van der Waals surface area contributed by atoms with Crippen LogP contribution in [0.2, 0.25) is 0 Å². The fourth-order valence-corrected chi connectivity index (χ4v) is 27.1. The second-order valence-corrected chi connectivity index (χ2v) is 39.5. The van der Waals surface area contributed by atoms with Crippen molar-refractivity contribution in [3.05, 3.63) is 440 Å². The van der Waals surface area contributed by atoms with Gasteiger partial charge in [0.25, 0.3) is 0 Å². The molecule has 17 aromatic rings. The van der Waals surface area contributed by atoms with E-state index in [-0.39, 0.29) is 16.2 Å². The monoisotopic (exact) mass is 1680 g/mol. The van der Waals surface area contributed by atoms with Crippen LogP contribution in [0.15, 0.2) is 406 Å². The molecule has 5 nitrogen and oxygen atoms in total. The second-order valence-electron chi connectivity index (χ2n) is 39.5. The molecule has 0 unspecified atom stereocenters. The van der Waals surface area contributed by atoms with Crippen LogP contribution in [0.5, 0.6) is 23.0 Å². The van der Waals surface area contributed by atoms with Gasteiger partial charge in [0, 0.05) is 84.9 Å². The van der Waals surface area contributed by atoms with Crippen LogP contribution in [0.3, 0.4) is 0 Å². The Morgan fingerprint density at radius 1 is 0.223 bits per heavy atom. The van der Waals surface area contributed by atoms with Gasteiger partial charge in [-0.1, -0.05) is 305 Å². The lowest BCUT2D eigenvalue weighted by atomic mass is 9.43. The minimum absolute atomic E-state index is 0.164. The third-order valence-corrected chi connectivity index (χ3v) is 32.4. The number of anilines is 9. The highest BCUT2D eigenvalue weighted by Crippen LogP contribution is 2.72. The van der Waals surface area contributed by atoms with E-state index in [2.05, 4.69) is 435 Å². The summed E-state index contributed by atoms with van der Waals surface area (Å²) >= 11 is 0. The molecular weight excluding hydrogens is 1580 g/mol. The third kappa shape index (κ3) is 12.3. The summed E-state index contributed by atoms with van der Waals surface area (Å²) in [5.74, 6) is 10.3. The van der Waals surface area contributed by atoms with E-state index in [9.17, 15) is 0 Å². The van der Waals surface area contributed by atoms with Crippen molar-refractivity contribution in [2.45, 2.75) is 94.3 Å². The molecule has 130 heavy (non-hydrogen) atoms. The smallest absolute Gasteiger partial charge is 0.153 e. The number of nitrogens with zero attached hydrogens (tertiary/aromatic N) is 3. The quantitative estimate of drug-likeness (QED) is 0.115. The molecule has 0 atom stereocenters. The van der Waals surface area contributed by atoms with Crippen LogP contribution in [-0.2, 0) is 16.2 Å². The number of rotatable bonds is 13. The summed E-state index contributed by atoms with van der Waals surface area (Å²) in [7, 11) is 0. The zero-order valence-electron chi connectivity index (χ0n) is 73.5. The van der Waals surface area contributed by atoms with Gasteiger partial charge in [-0.05, 0) is 320 Å². The third-order valence-electron chi connectivity index (χ3n) is 32.4. The van der Waals surface area contributed by atoms with Crippen LogP contribution in [0.1, 0.15) is 111 Å². The topological polar surface area (TPSA) is 28.2 Å². The summed E-state index contributed by atoms with van der Waals surface area (Å²) < 4.78 is 14.3. The molecule has 2 aliphatic heterocycles. The van der Waals surface area contributed by atoms with E-state index in [0.717, 1.165) is 127 Å². The lowest BCUT2D eigenvalue weighted by molar-refractivity contribution is -0.0399. The average Bonchev–Trinajstić information content (AvgIpc) is 1.50. The van der Waals surface area contributed by atoms with E-state index < -0.39 is 0 Å². The molecule has 0 saturated heterocycles. The van der Waals surface area contributed by atoms with E-state index in [4.69, 9.17) is 9.47 Å². The van der Waals surface area contributed by atoms with Gasteiger partial charge in [0.2, 0.25) is 0 Å². The fraction of sp³-hybridized carbons (Fsp3) is 0.184. The van der Waals surface area contributed by atoms with Crippen LogP contribution >= 0.6 is 0 Å². The largest absolute Gasteiger partial charge is 0.456 e. The number of hydrogen-bond acceptors (Lipinski definition) is 5. The van der Waals surface area contributed by atoms with Gasteiger partial charge in [-0.2, -0.15) is 0 Å². The first kappa shape index (κ1) is 76.9. The van der Waals surface area contributed by atoms with Gasteiger partial charge in [-0.25, -0.2) is 0 Å². The molecule has 2 heterocycles. The molecule has 2 spiro atoms. The number of ether oxygens (including phenoxy) is 2. The predicted octanol–water partition coefficient (Wildman–Crippen LogP) is 33.8. The summed E-state index contributed by atoms with van der Waals surface area (Å²) in [4.78, 5) is 7.07. The summed E-state index contributed by atoms with van der Waals surface area (Å²) in [6, 6.07) is 150. The van der Waals surface area contributed by atoms with Crippen molar-refractivity contribution in [3.63, 3.8) is 0 Å². The van der Waals surface area contributed by atoms with E-state index in [0.29, 0.717) is 0 Å². The number of fused-ring (bicyclic) bond motifs is 10. The van der Waals surface area contributed by atoms with Crippen LogP contribution in [0.4, 0.5) is 51.2 Å². The molecule has 29 rings (SSSR count). The number of hydrogen-bond donors (Lipinski definition) is 0. The van der Waals surface area contributed by atoms with Gasteiger partial charge in [0.15, 0.2) is 11.5 Å². The Balaban J connectivity index is 0.000000137. The maximum atomic E-state index is 7.26. The average molecular weight is 1680 g/mol. The lowest BCUT2D eigenvalue weighted by Crippen LogP contribution is -2.55. The summed E-state index contributed by atoms with van der Waals surface area (Å²) in [5, 5.41) is 0. The van der Waals surface area contributed by atoms with E-state index in [1.54, 1.807) is 22.3 Å². The summed E-state index contributed by atoms with van der Waals surface area (Å²) in [6.07, 6.45) is 14.1. The van der Waals surface area contributed by atoms with Crippen molar-refractivity contribution in [2.24, 2.45) is 47.3 Å². The van der Waals surface area contributed by atoms with E-state index in [1.807, 2.05) is 0 Å². The zero-order chi connectivity index (χ0) is 85.9. The SMILES string of the molecule is CC1(C)c2ccc(N(c3ccc(-c4ccccc4)cc3)c3ccc(-c4ccccc4)cc3)cc2Oc2c(-c3ccc4c(c3)-c3ccccc3C43C4CC5CC(C4)CC3C5)cccc21.c1ccc(-c2ccc(N(c3ccc(-c4ccccc4)cc3)c3ccc4c(c3)Oc3ccc(-c5ccc6c(c5)-c5ccccc5C65C6CC7CC(C6)CC5C7)cc3N4c3ccccc3)cc2)cc1. The maximum Gasteiger partial charge on any atom is 0.153 e. The summed E-state index contributed by atoms with van der Waals surface area (Å²) in [6.45, 7) is 4.71. The second kappa shape index (κ2) is 30.5. The molecule has 8 saturated carbocycles. The van der Waals surface area contributed by atoms with Gasteiger partial charge in [-0.15, -0.1) is 0 Å². The maximum absolute atomic E-state index is 7.26. The minimum atomic E-state index is -0.273. The Hall–Kier alpha value is -14.3. The van der Waals surface area contributed by atoms with Gasteiger partial charge < -0.3 is 24.2 Å². The predicted molar refractivity (Wildman–Crippen MR) is 535 cm³/mol. The molecule has 0 radical (unpaired) electrons. The van der Waals surface area contributed by atoms with Gasteiger partial charge >= 0.3 is 0 Å². The first-order valence-corrected chi connectivity index (χ1v) is 47.6. The molecule has 0 aromatic heterocycles. The van der Waals surface area contributed by atoms with Gasteiger partial charge in [0.05, 0.1) is 11.4 Å². The fourth-order valence-electron chi connectivity index (χ4n) is 27.1. The first-order chi connectivity index (χ1) is 64.1. The Bertz CT molecular complexity index is 7030. The molecule has 17 aromatic carbocycles. The van der Waals surface area contributed by atoms with E-state index >= 15 is 0 Å². The first-order valence-electron chi connectivity index (χ1n) is 47.6. The molecular formula is C125H101N3O2. The molecule has 12 aliphatic rings. The van der Waals surface area contributed by atoms with Crippen LogP contribution < -0.4 is 24.2 Å². The highest BCUT2D eigenvalue weighted by Gasteiger charge is 2.63. The van der Waals surface area contributed by atoms with Crippen molar-refractivity contribution in [1.29, 1.82) is 0 Å². The molecule has 628 valence electrons. The van der Waals surface area contributed by atoms with Crippen molar-refractivity contribution in [2.75, 3.05) is 14.7 Å². The Morgan fingerprint density at radius 2 is 0.554 bits per heavy atom. The van der Waals surface area contributed by atoms with Gasteiger partial charge in [-0.3, -0.25) is 0 Å². The Labute approximate surface area is 763 Å². The molecule has 8 bridgehead atoms. The van der Waals surface area contributed by atoms with E-state index in [1.165, 1.54) is 159 Å². The molecule has 8 fully saturated rings. The van der Waals surface area contributed by atoms with Crippen molar-refractivity contribution in [1.82, 2.24) is 0 Å². The number of para-hydroxylation sites is 2. The van der Waals surface area contributed by atoms with Crippen molar-refractivity contribution < 1.29 is 9.47 Å². The highest BCUT2D eigenvalue weighted by molar-refractivity contribution is 5.94. The number of benzene rings is 17. The van der Waals surface area contributed by atoms with Crippen molar-refractivity contribution in [3.8, 4) is 112 Å². The Morgan fingerprint density at radius 3 is 1.01 bits per heavy atom. The molecule has 10 aliphatic carbocycles. The molecule has 0 amide bonds. The minimum Gasteiger partial charge on any atom is -0.456 e. The standard InChI is InChI=1S/C64H50N2O.C61H51NO/c1-4-12-44(13-5-1)46-20-26-53(27-21-46)65(54-28-22-47(23-29-54)45-14-6-2-7-15-45)55-30-32-60-63(41-55)67-62-33-25-49(40-61(62)66(60)52-16-8-3-9-17-52)48-24-31-59-57(39-48)56-18-10-11-19-58(56)64(59)50-35-42-34-43(37-50)38-51(64)36-42;1-60(2)56-31-29-50(62(48-25-20-43(21-26-48)41-12-5-3-6-13-41)49-27-22-44(23-28-49)42-14-7-4-8-15-42)38-58(56)63-59-51(17-11-19-57(59)60)45-24-30-55-53(37-45)52-16-9-10-18-54(52)61(55)46-33-39-32-40(35-46)36-47(61)34-39/h1-33,39-43,50-51H,34-38H2;3-31,37-40,46-47H,32-36H2,1-2H3. The van der Waals surface area contributed by atoms with Crippen LogP contribution in [0, 0.1) is 47.3 Å². The van der Waals surface area contributed by atoms with Crippen LogP contribution in [-0.4, -0.2) is 0 Å². The Kier molecular flexibility index (Phi) is 18.0. The van der Waals surface area contributed by atoms with Crippen molar-refractivity contribution >= 4 is 51.2 Å². The molecule has 5 heteroatoms. The zero-order valence-corrected chi connectivity index (χ0v) is 73.5. The lowest BCUT2D eigenvalue weighted by Gasteiger charge is -2.61. The summed E-state index contributed by atoms with van der Waals surface area (Å²) in [5.41, 5.74) is 38.6. The van der Waals surface area contributed by atoms with Gasteiger partial charge in [0.1, 0.15) is 11.5 Å². The normalized spacial score (nSPS) is 22.0. The molecule has 0 N–H and O–H groups in total.